The van der Waals surface area contributed by atoms with Crippen LogP contribution in [0.2, 0.25) is 0 Å². The Labute approximate surface area is 163 Å². The molecule has 0 radical (unpaired) electrons. The Balaban J connectivity index is 2.92. The van der Waals surface area contributed by atoms with Crippen LogP contribution in [-0.4, -0.2) is 23.9 Å². The van der Waals surface area contributed by atoms with Crippen molar-refractivity contribution in [3.05, 3.63) is 0 Å². The molecule has 0 aliphatic rings. The molecule has 0 aromatic carbocycles. The number of hydrogen-bond donors (Lipinski definition) is 0. The molecular weight excluding hydrogens is 416 g/mol. The molecule has 0 atom stereocenters. The third-order valence-corrected chi connectivity index (χ3v) is 5.47. The third-order valence-electron chi connectivity index (χ3n) is 4.34. The van der Waals surface area contributed by atoms with Crippen LogP contribution in [0.1, 0.15) is 103 Å². The first-order chi connectivity index (χ1) is 11.4. The van der Waals surface area contributed by atoms with Gasteiger partial charge in [0.05, 0.1) is 0 Å². The summed E-state index contributed by atoms with van der Waals surface area (Å²) in [6.07, 6.45) is 22.0. The van der Waals surface area contributed by atoms with Gasteiger partial charge in [-0.25, -0.2) is 0 Å². The summed E-state index contributed by atoms with van der Waals surface area (Å²) in [7, 11) is 0. The molecule has 0 spiro atoms. The molecule has 0 bridgehead atoms. The average Bonchev–Trinajstić information content (AvgIpc) is 2.57. The van der Waals surface area contributed by atoms with Gasteiger partial charge in [0.2, 0.25) is 0 Å². The highest BCUT2D eigenvalue weighted by Gasteiger charge is 1.94. The topological polar surface area (TPSA) is 9.23 Å². The molecular formula is C20H40Br2O. The SMILES string of the molecule is BrCCCCCCCCCCOCCCCCCCCCCBr. The minimum Gasteiger partial charge on any atom is -0.381 e. The summed E-state index contributed by atoms with van der Waals surface area (Å²) < 4.78 is 5.74. The molecule has 0 aromatic rings. The van der Waals surface area contributed by atoms with E-state index < -0.39 is 0 Å². The van der Waals surface area contributed by atoms with E-state index in [1.54, 1.807) is 0 Å². The van der Waals surface area contributed by atoms with E-state index in [-0.39, 0.29) is 0 Å². The van der Waals surface area contributed by atoms with E-state index in [1.165, 1.54) is 113 Å². The van der Waals surface area contributed by atoms with Crippen molar-refractivity contribution in [2.24, 2.45) is 0 Å². The van der Waals surface area contributed by atoms with Crippen LogP contribution in [0, 0.1) is 0 Å². The summed E-state index contributed by atoms with van der Waals surface area (Å²) in [5.74, 6) is 0. The van der Waals surface area contributed by atoms with Gasteiger partial charge in [0, 0.05) is 23.9 Å². The molecule has 0 heterocycles. The first-order valence-electron chi connectivity index (χ1n) is 10.1. The van der Waals surface area contributed by atoms with Crippen LogP contribution in [0.4, 0.5) is 0 Å². The van der Waals surface area contributed by atoms with Gasteiger partial charge in [-0.2, -0.15) is 0 Å². The summed E-state index contributed by atoms with van der Waals surface area (Å²) in [5, 5.41) is 2.34. The van der Waals surface area contributed by atoms with Crippen LogP contribution in [0.15, 0.2) is 0 Å². The van der Waals surface area contributed by atoms with Crippen LogP contribution >= 0.6 is 31.9 Å². The molecule has 0 rings (SSSR count). The molecule has 0 saturated carbocycles. The molecule has 0 N–H and O–H groups in total. The Morgan fingerprint density at radius 3 is 0.913 bits per heavy atom. The number of halogens is 2. The van der Waals surface area contributed by atoms with E-state index in [0.717, 1.165) is 13.2 Å². The van der Waals surface area contributed by atoms with Gasteiger partial charge in [-0.3, -0.25) is 0 Å². The Hall–Kier alpha value is 0.920. The fraction of sp³-hybridized carbons (Fsp3) is 1.00. The normalized spacial score (nSPS) is 11.2. The molecule has 0 amide bonds. The van der Waals surface area contributed by atoms with Gasteiger partial charge in [-0.1, -0.05) is 109 Å². The van der Waals surface area contributed by atoms with E-state index in [1.807, 2.05) is 0 Å². The fourth-order valence-corrected chi connectivity index (χ4v) is 3.61. The van der Waals surface area contributed by atoms with Gasteiger partial charge in [0.1, 0.15) is 0 Å². The minimum atomic E-state index is 0.982. The Morgan fingerprint density at radius 2 is 0.609 bits per heavy atom. The maximum atomic E-state index is 5.74. The Kier molecular flexibility index (Phi) is 23.8. The zero-order chi connectivity index (χ0) is 16.8. The van der Waals surface area contributed by atoms with E-state index in [4.69, 9.17) is 4.74 Å². The van der Waals surface area contributed by atoms with Crippen molar-refractivity contribution in [1.29, 1.82) is 0 Å². The van der Waals surface area contributed by atoms with Crippen LogP contribution in [-0.2, 0) is 4.74 Å². The van der Waals surface area contributed by atoms with Crippen LogP contribution < -0.4 is 0 Å². The van der Waals surface area contributed by atoms with E-state index in [9.17, 15) is 0 Å². The molecule has 0 fully saturated rings. The van der Waals surface area contributed by atoms with E-state index in [2.05, 4.69) is 31.9 Å². The van der Waals surface area contributed by atoms with Crippen molar-refractivity contribution in [2.75, 3.05) is 23.9 Å². The van der Waals surface area contributed by atoms with Crippen molar-refractivity contribution in [3.8, 4) is 0 Å². The standard InChI is InChI=1S/C20H40Br2O/c21-17-13-9-5-1-3-7-11-15-19-23-20-16-12-8-4-2-6-10-14-18-22/h1-20H2. The number of unbranched alkanes of at least 4 members (excludes halogenated alkanes) is 14. The van der Waals surface area contributed by atoms with E-state index in [0.29, 0.717) is 0 Å². The van der Waals surface area contributed by atoms with Crippen molar-refractivity contribution in [3.63, 3.8) is 0 Å². The summed E-state index contributed by atoms with van der Waals surface area (Å²) in [5.41, 5.74) is 0. The van der Waals surface area contributed by atoms with E-state index >= 15 is 0 Å². The van der Waals surface area contributed by atoms with Crippen LogP contribution in [0.25, 0.3) is 0 Å². The lowest BCUT2D eigenvalue weighted by molar-refractivity contribution is 0.125. The maximum Gasteiger partial charge on any atom is 0.0466 e. The molecule has 0 aliphatic heterocycles. The molecule has 23 heavy (non-hydrogen) atoms. The summed E-state index contributed by atoms with van der Waals surface area (Å²) in [6.45, 7) is 1.96. The second-order valence-corrected chi connectivity index (χ2v) is 8.23. The minimum absolute atomic E-state index is 0.982. The summed E-state index contributed by atoms with van der Waals surface area (Å²) >= 11 is 6.97. The van der Waals surface area contributed by atoms with Gasteiger partial charge in [0.15, 0.2) is 0 Å². The number of ether oxygens (including phenoxy) is 1. The second-order valence-electron chi connectivity index (χ2n) is 6.65. The lowest BCUT2D eigenvalue weighted by atomic mass is 10.1. The largest absolute Gasteiger partial charge is 0.381 e. The van der Waals surface area contributed by atoms with Crippen molar-refractivity contribution in [2.45, 2.75) is 103 Å². The maximum absolute atomic E-state index is 5.74. The first-order valence-corrected chi connectivity index (χ1v) is 12.4. The Bertz CT molecular complexity index is 180. The molecule has 0 aromatic heterocycles. The zero-order valence-corrected chi connectivity index (χ0v) is 18.5. The van der Waals surface area contributed by atoms with Crippen molar-refractivity contribution in [1.82, 2.24) is 0 Å². The molecule has 3 heteroatoms. The highest BCUT2D eigenvalue weighted by atomic mass is 79.9. The molecule has 1 nitrogen and oxygen atoms in total. The fourth-order valence-electron chi connectivity index (χ4n) is 2.82. The molecule has 0 aliphatic carbocycles. The summed E-state index contributed by atoms with van der Waals surface area (Å²) in [4.78, 5) is 0. The lowest BCUT2D eigenvalue weighted by Crippen LogP contribution is -1.97. The quantitative estimate of drug-likeness (QED) is 0.133. The Morgan fingerprint density at radius 1 is 0.348 bits per heavy atom. The van der Waals surface area contributed by atoms with Crippen LogP contribution in [0.3, 0.4) is 0 Å². The highest BCUT2D eigenvalue weighted by molar-refractivity contribution is 9.09. The van der Waals surface area contributed by atoms with Crippen molar-refractivity contribution < 1.29 is 4.74 Å². The van der Waals surface area contributed by atoms with Gasteiger partial charge in [0.25, 0.3) is 0 Å². The van der Waals surface area contributed by atoms with Gasteiger partial charge >= 0.3 is 0 Å². The predicted octanol–water partition coefficient (Wildman–Crippen LogP) is 8.03. The highest BCUT2D eigenvalue weighted by Crippen LogP contribution is 2.10. The van der Waals surface area contributed by atoms with Crippen molar-refractivity contribution >= 4 is 31.9 Å². The van der Waals surface area contributed by atoms with Gasteiger partial charge < -0.3 is 4.74 Å². The third kappa shape index (κ3) is 22.9. The van der Waals surface area contributed by atoms with Crippen LogP contribution in [0.5, 0.6) is 0 Å². The lowest BCUT2D eigenvalue weighted by Gasteiger charge is -2.05. The second kappa shape index (κ2) is 22.9. The summed E-state index contributed by atoms with van der Waals surface area (Å²) in [6, 6.07) is 0. The first kappa shape index (κ1) is 23.9. The molecule has 0 unspecified atom stereocenters. The smallest absolute Gasteiger partial charge is 0.0466 e. The van der Waals surface area contributed by atoms with Gasteiger partial charge in [-0.05, 0) is 25.7 Å². The monoisotopic (exact) mass is 454 g/mol. The predicted molar refractivity (Wildman–Crippen MR) is 112 cm³/mol. The average molecular weight is 456 g/mol. The number of alkyl halides is 2. The number of hydrogen-bond acceptors (Lipinski definition) is 1. The zero-order valence-electron chi connectivity index (χ0n) is 15.3. The van der Waals surface area contributed by atoms with Gasteiger partial charge in [-0.15, -0.1) is 0 Å². The molecule has 140 valence electrons. The number of rotatable bonds is 20. The molecule has 0 saturated heterocycles.